The van der Waals surface area contributed by atoms with E-state index in [4.69, 9.17) is 5.73 Å². The smallest absolute Gasteiger partial charge is 0.161 e. The van der Waals surface area contributed by atoms with Crippen LogP contribution in [0.2, 0.25) is 0 Å². The predicted molar refractivity (Wildman–Crippen MR) is 55.3 cm³/mol. The summed E-state index contributed by atoms with van der Waals surface area (Å²) in [7, 11) is 1.78. The molecule has 3 nitrogen and oxygen atoms in total. The highest BCUT2D eigenvalue weighted by molar-refractivity contribution is 5.96. The van der Waals surface area contributed by atoms with Crippen LogP contribution in [0.3, 0.4) is 0 Å². The first-order valence-corrected chi connectivity index (χ1v) is 4.83. The summed E-state index contributed by atoms with van der Waals surface area (Å²) < 4.78 is 0. The van der Waals surface area contributed by atoms with Gasteiger partial charge in [-0.05, 0) is 6.42 Å². The zero-order chi connectivity index (χ0) is 10.3. The van der Waals surface area contributed by atoms with Crippen LogP contribution >= 0.6 is 0 Å². The lowest BCUT2D eigenvalue weighted by Gasteiger charge is -2.13. The Bertz CT molecular complexity index is 187. The Kier molecular flexibility index (Phi) is 6.24. The van der Waals surface area contributed by atoms with E-state index in [2.05, 4.69) is 12.2 Å². The van der Waals surface area contributed by atoms with E-state index >= 15 is 0 Å². The molecule has 3 N–H and O–H groups in total. The van der Waals surface area contributed by atoms with Gasteiger partial charge in [0.15, 0.2) is 5.78 Å². The lowest BCUT2D eigenvalue weighted by Crippen LogP contribution is -2.28. The minimum atomic E-state index is -0.120. The molecule has 1 unspecified atom stereocenters. The fourth-order valence-corrected chi connectivity index (χ4v) is 1.22. The van der Waals surface area contributed by atoms with Gasteiger partial charge in [-0.15, -0.1) is 0 Å². The Morgan fingerprint density at radius 3 is 2.54 bits per heavy atom. The van der Waals surface area contributed by atoms with Crippen LogP contribution in [0.1, 0.15) is 33.1 Å². The Morgan fingerprint density at radius 1 is 1.54 bits per heavy atom. The second-order valence-electron chi connectivity index (χ2n) is 3.06. The first kappa shape index (κ1) is 12.2. The zero-order valence-corrected chi connectivity index (χ0v) is 8.76. The van der Waals surface area contributed by atoms with Crippen LogP contribution in [0, 0.1) is 0 Å². The number of nitrogens with two attached hydrogens (primary N) is 1. The van der Waals surface area contributed by atoms with E-state index in [9.17, 15) is 4.79 Å². The van der Waals surface area contributed by atoms with Gasteiger partial charge in [-0.3, -0.25) is 4.79 Å². The molecular formula is C10H20N2O. The molecule has 0 spiro atoms. The van der Waals surface area contributed by atoms with Crippen LogP contribution in [-0.4, -0.2) is 18.9 Å². The maximum atomic E-state index is 11.4. The topological polar surface area (TPSA) is 55.1 Å². The number of Topliss-reactive ketones (excluding diaryl/α,β-unsaturated/α-hetero) is 1. The molecule has 0 saturated carbocycles. The Morgan fingerprint density at radius 2 is 2.15 bits per heavy atom. The number of carbonyl (C=O) groups is 1. The van der Waals surface area contributed by atoms with Crippen molar-refractivity contribution in [1.29, 1.82) is 0 Å². The molecule has 0 bridgehead atoms. The van der Waals surface area contributed by atoms with Crippen molar-refractivity contribution in [2.24, 2.45) is 5.73 Å². The molecule has 0 saturated heterocycles. The average Bonchev–Trinajstić information content (AvgIpc) is 2.13. The molecule has 0 aliphatic heterocycles. The van der Waals surface area contributed by atoms with Gasteiger partial charge in [0.25, 0.3) is 0 Å². The average molecular weight is 184 g/mol. The standard InChI is InChI=1S/C10H20N2O/c1-4-6-9(11)8(7-12-3)10(13)5-2/h7,9,12H,4-6,11H2,1-3H3/b8-7+. The Balaban J connectivity index is 4.41. The molecule has 13 heavy (non-hydrogen) atoms. The molecule has 0 aromatic heterocycles. The number of nitrogens with one attached hydrogen (secondary N) is 1. The molecule has 0 amide bonds. The van der Waals surface area contributed by atoms with Crippen molar-refractivity contribution in [2.75, 3.05) is 7.05 Å². The molecular weight excluding hydrogens is 164 g/mol. The molecule has 0 rings (SSSR count). The molecule has 76 valence electrons. The van der Waals surface area contributed by atoms with Gasteiger partial charge >= 0.3 is 0 Å². The largest absolute Gasteiger partial charge is 0.394 e. The van der Waals surface area contributed by atoms with E-state index in [1.165, 1.54) is 0 Å². The van der Waals surface area contributed by atoms with Crippen molar-refractivity contribution in [1.82, 2.24) is 5.32 Å². The van der Waals surface area contributed by atoms with Gasteiger partial charge in [0.2, 0.25) is 0 Å². The van der Waals surface area contributed by atoms with Crippen LogP contribution in [0.15, 0.2) is 11.8 Å². The van der Waals surface area contributed by atoms with E-state index in [0.717, 1.165) is 12.8 Å². The first-order chi connectivity index (χ1) is 6.17. The number of ketones is 1. The lowest BCUT2D eigenvalue weighted by atomic mass is 9.99. The molecule has 3 heteroatoms. The summed E-state index contributed by atoms with van der Waals surface area (Å²) in [5, 5.41) is 2.86. The fraction of sp³-hybridized carbons (Fsp3) is 0.700. The van der Waals surface area contributed by atoms with Crippen LogP contribution in [0.4, 0.5) is 0 Å². The lowest BCUT2D eigenvalue weighted by molar-refractivity contribution is -0.115. The summed E-state index contributed by atoms with van der Waals surface area (Å²) in [6.45, 7) is 3.91. The van der Waals surface area contributed by atoms with E-state index in [1.807, 2.05) is 6.92 Å². The van der Waals surface area contributed by atoms with Crippen LogP contribution in [0.5, 0.6) is 0 Å². The van der Waals surface area contributed by atoms with Crippen molar-refractivity contribution >= 4 is 5.78 Å². The molecule has 0 heterocycles. The number of hydrogen-bond acceptors (Lipinski definition) is 3. The maximum Gasteiger partial charge on any atom is 0.161 e. The second-order valence-corrected chi connectivity index (χ2v) is 3.06. The van der Waals surface area contributed by atoms with Gasteiger partial charge < -0.3 is 11.1 Å². The van der Waals surface area contributed by atoms with E-state index in [0.29, 0.717) is 12.0 Å². The minimum Gasteiger partial charge on any atom is -0.394 e. The number of carbonyl (C=O) groups excluding carboxylic acids is 1. The quantitative estimate of drug-likeness (QED) is 0.610. The van der Waals surface area contributed by atoms with Crippen molar-refractivity contribution in [3.05, 3.63) is 11.8 Å². The van der Waals surface area contributed by atoms with E-state index in [1.54, 1.807) is 13.2 Å². The molecule has 0 fully saturated rings. The van der Waals surface area contributed by atoms with Gasteiger partial charge in [0.1, 0.15) is 0 Å². The number of hydrogen-bond donors (Lipinski definition) is 2. The fourth-order valence-electron chi connectivity index (χ4n) is 1.22. The molecule has 0 aromatic carbocycles. The summed E-state index contributed by atoms with van der Waals surface area (Å²) in [5.41, 5.74) is 6.58. The third-order valence-corrected chi connectivity index (χ3v) is 1.94. The summed E-state index contributed by atoms with van der Waals surface area (Å²) in [5.74, 6) is 0.135. The second kappa shape index (κ2) is 6.66. The molecule has 0 radical (unpaired) electrons. The van der Waals surface area contributed by atoms with E-state index in [-0.39, 0.29) is 11.8 Å². The summed E-state index contributed by atoms with van der Waals surface area (Å²) >= 11 is 0. The van der Waals surface area contributed by atoms with Crippen molar-refractivity contribution in [3.63, 3.8) is 0 Å². The highest BCUT2D eigenvalue weighted by Crippen LogP contribution is 2.08. The summed E-state index contributed by atoms with van der Waals surface area (Å²) in [6, 6.07) is -0.120. The van der Waals surface area contributed by atoms with Crippen molar-refractivity contribution in [2.45, 2.75) is 39.2 Å². The zero-order valence-electron chi connectivity index (χ0n) is 8.76. The molecule has 0 aromatic rings. The van der Waals surface area contributed by atoms with Gasteiger partial charge in [-0.25, -0.2) is 0 Å². The minimum absolute atomic E-state index is 0.120. The van der Waals surface area contributed by atoms with Crippen LogP contribution in [-0.2, 0) is 4.79 Å². The molecule has 0 aliphatic rings. The summed E-state index contributed by atoms with van der Waals surface area (Å²) in [6.07, 6.45) is 4.09. The SMILES string of the molecule is CCCC(N)/C(=C\NC)C(=O)CC. The van der Waals surface area contributed by atoms with Gasteiger partial charge in [-0.2, -0.15) is 0 Å². The first-order valence-electron chi connectivity index (χ1n) is 4.83. The van der Waals surface area contributed by atoms with E-state index < -0.39 is 0 Å². The van der Waals surface area contributed by atoms with Gasteiger partial charge in [0.05, 0.1) is 0 Å². The third-order valence-electron chi connectivity index (χ3n) is 1.94. The molecule has 0 aliphatic carbocycles. The monoisotopic (exact) mass is 184 g/mol. The highest BCUT2D eigenvalue weighted by atomic mass is 16.1. The highest BCUT2D eigenvalue weighted by Gasteiger charge is 2.14. The predicted octanol–water partition coefficient (Wildman–Crippen LogP) is 1.20. The molecule has 1 atom stereocenters. The summed E-state index contributed by atoms with van der Waals surface area (Å²) in [4.78, 5) is 11.4. The van der Waals surface area contributed by atoms with Crippen LogP contribution < -0.4 is 11.1 Å². The van der Waals surface area contributed by atoms with Gasteiger partial charge in [-0.1, -0.05) is 20.3 Å². The van der Waals surface area contributed by atoms with Crippen molar-refractivity contribution in [3.8, 4) is 0 Å². The van der Waals surface area contributed by atoms with Gasteiger partial charge in [0, 0.05) is 31.3 Å². The number of rotatable bonds is 6. The van der Waals surface area contributed by atoms with Crippen molar-refractivity contribution < 1.29 is 4.79 Å². The normalized spacial score (nSPS) is 14.0. The Hall–Kier alpha value is -0.830. The maximum absolute atomic E-state index is 11.4. The Labute approximate surface area is 80.4 Å². The third kappa shape index (κ3) is 4.08. The van der Waals surface area contributed by atoms with Crippen LogP contribution in [0.25, 0.3) is 0 Å².